The average molecular weight is 366 g/mol. The molecule has 0 saturated heterocycles. The third-order valence-corrected chi connectivity index (χ3v) is 7.06. The summed E-state index contributed by atoms with van der Waals surface area (Å²) in [7, 11) is 0. The van der Waals surface area contributed by atoms with Crippen molar-refractivity contribution in [2.75, 3.05) is 0 Å². The standard InChI is InChI=1S/C7H16N.C4H9N.Ta/c1-4-7(8,5-2)6-3;1-3-4(2)5;/h8H,4-6H2,1-3H3;4H,3H2,1-2H3;/q-1;;+1. The van der Waals surface area contributed by atoms with E-state index < -0.39 is 19.8 Å². The van der Waals surface area contributed by atoms with Crippen LogP contribution in [0.5, 0.6) is 0 Å². The summed E-state index contributed by atoms with van der Waals surface area (Å²) in [6.07, 6.45) is 4.89. The van der Waals surface area contributed by atoms with Gasteiger partial charge in [-0.15, -0.1) is 0 Å². The predicted molar refractivity (Wildman–Crippen MR) is 58.9 cm³/mol. The van der Waals surface area contributed by atoms with E-state index in [1.807, 2.05) is 0 Å². The van der Waals surface area contributed by atoms with Crippen molar-refractivity contribution in [3.05, 3.63) is 0 Å². The zero-order chi connectivity index (χ0) is 11.0. The molecule has 0 bridgehead atoms. The van der Waals surface area contributed by atoms with Crippen molar-refractivity contribution in [3.8, 4) is 0 Å². The van der Waals surface area contributed by atoms with Gasteiger partial charge in [-0.05, 0) is 0 Å². The molecule has 1 atom stereocenters. The van der Waals surface area contributed by atoms with Gasteiger partial charge in [0.2, 0.25) is 0 Å². The first-order chi connectivity index (χ1) is 6.64. The second-order valence-electron chi connectivity index (χ2n) is 3.93. The van der Waals surface area contributed by atoms with Gasteiger partial charge in [0.1, 0.15) is 0 Å². The molecule has 0 aromatic heterocycles. The number of hydrogen-bond donors (Lipinski definition) is 1. The zero-order valence-electron chi connectivity index (χ0n) is 10.3. The Labute approximate surface area is 98.8 Å². The molecule has 0 aliphatic rings. The van der Waals surface area contributed by atoms with Crippen LogP contribution >= 0.6 is 0 Å². The first-order valence-corrected chi connectivity index (χ1v) is 8.85. The maximum atomic E-state index is 4.74. The van der Waals surface area contributed by atoms with Crippen molar-refractivity contribution in [1.29, 1.82) is 0 Å². The summed E-state index contributed by atoms with van der Waals surface area (Å²) in [5, 5.41) is 0. The monoisotopic (exact) mass is 366 g/mol. The van der Waals surface area contributed by atoms with E-state index >= 15 is 0 Å². The van der Waals surface area contributed by atoms with E-state index in [1.165, 1.54) is 25.7 Å². The normalized spacial score (nSPS) is 14.9. The van der Waals surface area contributed by atoms with E-state index in [0.717, 1.165) is 0 Å². The number of hydrogen-bond acceptors (Lipinski definition) is 1. The van der Waals surface area contributed by atoms with Gasteiger partial charge in [0.15, 0.2) is 0 Å². The van der Waals surface area contributed by atoms with Crippen molar-refractivity contribution in [3.63, 3.8) is 0 Å². The van der Waals surface area contributed by atoms with Gasteiger partial charge in [0, 0.05) is 0 Å². The van der Waals surface area contributed by atoms with Gasteiger partial charge in [0.05, 0.1) is 0 Å². The molecule has 0 aliphatic heterocycles. The van der Waals surface area contributed by atoms with E-state index in [2.05, 4.69) is 38.3 Å². The van der Waals surface area contributed by atoms with Gasteiger partial charge >= 0.3 is 98.8 Å². The Hall–Kier alpha value is 0.500. The zero-order valence-corrected chi connectivity index (χ0v) is 13.5. The van der Waals surface area contributed by atoms with Crippen LogP contribution in [-0.2, 0) is 19.8 Å². The topological polar surface area (TPSA) is 24.4 Å². The van der Waals surface area contributed by atoms with Gasteiger partial charge in [-0.3, -0.25) is 0 Å². The first-order valence-electron chi connectivity index (χ1n) is 5.81. The fraction of sp³-hybridized carbons (Fsp3) is 1.00. The molecule has 0 rings (SSSR count). The molecule has 0 aromatic carbocycles. The summed E-state index contributed by atoms with van der Waals surface area (Å²) in [5.41, 5.74) is 0.397. The third kappa shape index (κ3) is 4.83. The summed E-state index contributed by atoms with van der Waals surface area (Å²) >= 11 is -0.775. The van der Waals surface area contributed by atoms with Crippen molar-refractivity contribution >= 4 is 0 Å². The summed E-state index contributed by atoms with van der Waals surface area (Å²) in [4.78, 5) is 0. The summed E-state index contributed by atoms with van der Waals surface area (Å²) < 4.78 is 8.50. The van der Waals surface area contributed by atoms with Crippen LogP contribution in [0.25, 0.3) is 0 Å². The Balaban J connectivity index is 4.11. The molecule has 0 fully saturated rings. The van der Waals surface area contributed by atoms with Gasteiger partial charge in [-0.25, -0.2) is 0 Å². The Morgan fingerprint density at radius 3 is 2.00 bits per heavy atom. The van der Waals surface area contributed by atoms with Crippen LogP contribution < -0.4 is 3.72 Å². The molecule has 3 heteroatoms. The van der Waals surface area contributed by atoms with Crippen LogP contribution in [0.1, 0.15) is 60.3 Å². The SMILES string of the molecule is CCC(C)/[N]=[Ta]/[NH]C(CC)(CC)CC. The Kier molecular flexibility index (Phi) is 8.03. The van der Waals surface area contributed by atoms with Crippen LogP contribution in [0.15, 0.2) is 3.34 Å². The Bertz CT molecular complexity index is 156. The minimum atomic E-state index is -0.775. The molecule has 14 heavy (non-hydrogen) atoms. The fourth-order valence-electron chi connectivity index (χ4n) is 1.30. The molecule has 1 unspecified atom stereocenters. The van der Waals surface area contributed by atoms with Crippen LogP contribution in [0.4, 0.5) is 0 Å². The van der Waals surface area contributed by atoms with Gasteiger partial charge in [-0.2, -0.15) is 0 Å². The Morgan fingerprint density at radius 2 is 1.64 bits per heavy atom. The summed E-state index contributed by atoms with van der Waals surface area (Å²) in [6.45, 7) is 11.3. The summed E-state index contributed by atoms with van der Waals surface area (Å²) in [5.74, 6) is 0. The molecule has 0 heterocycles. The van der Waals surface area contributed by atoms with Gasteiger partial charge in [0.25, 0.3) is 0 Å². The van der Waals surface area contributed by atoms with Crippen LogP contribution in [0.2, 0.25) is 0 Å². The first kappa shape index (κ1) is 14.5. The van der Waals surface area contributed by atoms with Crippen LogP contribution in [-0.4, -0.2) is 11.6 Å². The maximum absolute atomic E-state index is 4.74. The van der Waals surface area contributed by atoms with E-state index in [4.69, 9.17) is 3.34 Å². The quantitative estimate of drug-likeness (QED) is 0.733. The number of rotatable bonds is 7. The molecule has 0 saturated carbocycles. The van der Waals surface area contributed by atoms with E-state index in [9.17, 15) is 0 Å². The van der Waals surface area contributed by atoms with Gasteiger partial charge < -0.3 is 0 Å². The van der Waals surface area contributed by atoms with E-state index in [-0.39, 0.29) is 0 Å². The minimum absolute atomic E-state index is 0.397. The van der Waals surface area contributed by atoms with Crippen molar-refractivity contribution in [2.24, 2.45) is 3.34 Å². The predicted octanol–water partition coefficient (Wildman–Crippen LogP) is 3.52. The van der Waals surface area contributed by atoms with Crippen molar-refractivity contribution in [2.45, 2.75) is 71.9 Å². The fourth-order valence-corrected chi connectivity index (χ4v) is 5.27. The van der Waals surface area contributed by atoms with E-state index in [1.54, 1.807) is 0 Å². The average Bonchev–Trinajstić information content (AvgIpc) is 2.25. The van der Waals surface area contributed by atoms with Crippen molar-refractivity contribution < 1.29 is 19.8 Å². The number of nitrogens with one attached hydrogen (secondary N) is 1. The van der Waals surface area contributed by atoms with E-state index in [0.29, 0.717) is 11.6 Å². The summed E-state index contributed by atoms with van der Waals surface area (Å²) in [6, 6.07) is 0.572. The second-order valence-corrected chi connectivity index (χ2v) is 6.28. The molecule has 0 aliphatic carbocycles. The molecule has 0 aromatic rings. The second kappa shape index (κ2) is 7.75. The molecule has 0 radical (unpaired) electrons. The molecular weight excluding hydrogens is 341 g/mol. The third-order valence-electron chi connectivity index (χ3n) is 3.16. The van der Waals surface area contributed by atoms with Crippen molar-refractivity contribution in [1.82, 2.24) is 3.72 Å². The molecule has 0 amide bonds. The molecule has 0 spiro atoms. The molecule has 2 nitrogen and oxygen atoms in total. The number of nitrogens with zero attached hydrogens (tertiary/aromatic N) is 1. The molecule has 1 N–H and O–H groups in total. The molecule has 84 valence electrons. The molecular formula is C11H25N2Ta. The Morgan fingerprint density at radius 1 is 1.14 bits per heavy atom. The van der Waals surface area contributed by atoms with Crippen LogP contribution in [0, 0.1) is 0 Å². The van der Waals surface area contributed by atoms with Gasteiger partial charge in [-0.1, -0.05) is 0 Å². The van der Waals surface area contributed by atoms with Crippen LogP contribution in [0.3, 0.4) is 0 Å².